The third-order valence-electron chi connectivity index (χ3n) is 2.18. The molecule has 6 nitrogen and oxygen atoms in total. The number of aromatic nitrogens is 3. The van der Waals surface area contributed by atoms with Crippen molar-refractivity contribution in [3.63, 3.8) is 0 Å². The third-order valence-corrected chi connectivity index (χ3v) is 3.04. The van der Waals surface area contributed by atoms with Crippen LogP contribution in [0.25, 0.3) is 0 Å². The second kappa shape index (κ2) is 4.96. The minimum absolute atomic E-state index is 0.220. The largest absolute Gasteiger partial charge is 0.368 e. The van der Waals surface area contributed by atoms with Gasteiger partial charge in [0.25, 0.3) is 0 Å². The lowest BCUT2D eigenvalue weighted by Gasteiger charge is -2.16. The standard InChI is InChI=1S/C10H14N6S/c1-12-9-13-8(11)14-10(15-9)16(2)6-7-4-3-5-17-7/h3-5H,6H2,1-2H3,(H3,11,12,13,14,15). The Morgan fingerprint density at radius 3 is 2.88 bits per heavy atom. The molecule has 0 fully saturated rings. The number of thiophene rings is 1. The van der Waals surface area contributed by atoms with Gasteiger partial charge >= 0.3 is 0 Å². The normalized spacial score (nSPS) is 10.2. The summed E-state index contributed by atoms with van der Waals surface area (Å²) in [6.45, 7) is 0.754. The van der Waals surface area contributed by atoms with Crippen molar-refractivity contribution in [3.05, 3.63) is 22.4 Å². The highest BCUT2D eigenvalue weighted by molar-refractivity contribution is 7.09. The number of hydrogen-bond acceptors (Lipinski definition) is 7. The first kappa shape index (κ1) is 11.6. The number of hydrogen-bond donors (Lipinski definition) is 2. The van der Waals surface area contributed by atoms with Crippen LogP contribution in [-0.2, 0) is 6.54 Å². The summed E-state index contributed by atoms with van der Waals surface area (Å²) in [6, 6.07) is 4.10. The maximum absolute atomic E-state index is 5.62. The second-order valence-electron chi connectivity index (χ2n) is 3.50. The van der Waals surface area contributed by atoms with Crippen LogP contribution in [0.2, 0.25) is 0 Å². The van der Waals surface area contributed by atoms with Crippen molar-refractivity contribution in [2.75, 3.05) is 30.0 Å². The predicted octanol–water partition coefficient (Wildman–Crippen LogP) is 1.19. The first-order chi connectivity index (χ1) is 8.19. The number of nitrogen functional groups attached to an aromatic ring is 1. The average Bonchev–Trinajstić information content (AvgIpc) is 2.81. The van der Waals surface area contributed by atoms with Gasteiger partial charge in [-0.25, -0.2) is 0 Å². The Bertz CT molecular complexity index is 484. The van der Waals surface area contributed by atoms with E-state index in [9.17, 15) is 0 Å². The molecule has 0 aliphatic carbocycles. The molecule has 0 aromatic carbocycles. The van der Waals surface area contributed by atoms with Crippen molar-refractivity contribution in [1.29, 1.82) is 0 Å². The van der Waals surface area contributed by atoms with Crippen molar-refractivity contribution in [3.8, 4) is 0 Å². The summed E-state index contributed by atoms with van der Waals surface area (Å²) in [5, 5.41) is 4.90. The lowest BCUT2D eigenvalue weighted by molar-refractivity contribution is 0.868. The van der Waals surface area contributed by atoms with Crippen molar-refractivity contribution < 1.29 is 0 Å². The fraction of sp³-hybridized carbons (Fsp3) is 0.300. The average molecular weight is 250 g/mol. The predicted molar refractivity (Wildman–Crippen MR) is 70.2 cm³/mol. The number of anilines is 3. The zero-order chi connectivity index (χ0) is 12.3. The first-order valence-electron chi connectivity index (χ1n) is 5.12. The van der Waals surface area contributed by atoms with Gasteiger partial charge in [-0.1, -0.05) is 6.07 Å². The summed E-state index contributed by atoms with van der Waals surface area (Å²) < 4.78 is 0. The van der Waals surface area contributed by atoms with Crippen LogP contribution < -0.4 is 16.0 Å². The lowest BCUT2D eigenvalue weighted by atomic mass is 10.4. The molecule has 0 amide bonds. The fourth-order valence-corrected chi connectivity index (χ4v) is 2.13. The summed E-state index contributed by atoms with van der Waals surface area (Å²) in [6.07, 6.45) is 0. The Labute approximate surface area is 104 Å². The Balaban J connectivity index is 2.18. The zero-order valence-corrected chi connectivity index (χ0v) is 10.5. The van der Waals surface area contributed by atoms with E-state index in [2.05, 4.69) is 26.3 Å². The third kappa shape index (κ3) is 2.82. The molecule has 0 spiro atoms. The van der Waals surface area contributed by atoms with E-state index in [0.29, 0.717) is 11.9 Å². The van der Waals surface area contributed by atoms with Crippen LogP contribution in [0, 0.1) is 0 Å². The number of nitrogens with two attached hydrogens (primary N) is 1. The fourth-order valence-electron chi connectivity index (χ4n) is 1.37. The van der Waals surface area contributed by atoms with Crippen molar-refractivity contribution in [2.45, 2.75) is 6.54 Å². The lowest BCUT2D eigenvalue weighted by Crippen LogP contribution is -2.20. The van der Waals surface area contributed by atoms with Crippen LogP contribution >= 0.6 is 11.3 Å². The SMILES string of the molecule is CNc1nc(N)nc(N(C)Cc2cccs2)n1. The Kier molecular flexibility index (Phi) is 3.38. The van der Waals surface area contributed by atoms with Crippen molar-refractivity contribution >= 4 is 29.2 Å². The van der Waals surface area contributed by atoms with E-state index < -0.39 is 0 Å². The van der Waals surface area contributed by atoms with Crippen LogP contribution in [0.4, 0.5) is 17.8 Å². The smallest absolute Gasteiger partial charge is 0.232 e. The van der Waals surface area contributed by atoms with Crippen LogP contribution in [-0.4, -0.2) is 29.0 Å². The summed E-state index contributed by atoms with van der Waals surface area (Å²) >= 11 is 1.70. The molecule has 0 radical (unpaired) electrons. The second-order valence-corrected chi connectivity index (χ2v) is 4.53. The highest BCUT2D eigenvalue weighted by Gasteiger charge is 2.09. The number of nitrogens with zero attached hydrogens (tertiary/aromatic N) is 4. The van der Waals surface area contributed by atoms with E-state index >= 15 is 0 Å². The molecule has 90 valence electrons. The van der Waals surface area contributed by atoms with Crippen LogP contribution in [0.1, 0.15) is 4.88 Å². The molecule has 0 aliphatic rings. The van der Waals surface area contributed by atoms with Gasteiger partial charge in [-0.3, -0.25) is 0 Å². The van der Waals surface area contributed by atoms with Gasteiger partial charge in [0.15, 0.2) is 0 Å². The Hall–Kier alpha value is -1.89. The molecule has 0 unspecified atom stereocenters. The molecule has 17 heavy (non-hydrogen) atoms. The molecule has 3 N–H and O–H groups in total. The van der Waals surface area contributed by atoms with Gasteiger partial charge in [-0.15, -0.1) is 11.3 Å². The molecule has 0 atom stereocenters. The van der Waals surface area contributed by atoms with Crippen LogP contribution in [0.3, 0.4) is 0 Å². The van der Waals surface area contributed by atoms with Gasteiger partial charge in [-0.2, -0.15) is 15.0 Å². The van der Waals surface area contributed by atoms with Crippen molar-refractivity contribution in [2.24, 2.45) is 0 Å². The maximum Gasteiger partial charge on any atom is 0.232 e. The van der Waals surface area contributed by atoms with Crippen molar-refractivity contribution in [1.82, 2.24) is 15.0 Å². The molecular weight excluding hydrogens is 236 g/mol. The van der Waals surface area contributed by atoms with Crippen LogP contribution in [0.5, 0.6) is 0 Å². The van der Waals surface area contributed by atoms with Gasteiger partial charge < -0.3 is 16.0 Å². The number of rotatable bonds is 4. The molecule has 2 rings (SSSR count). The maximum atomic E-state index is 5.62. The summed E-state index contributed by atoms with van der Waals surface area (Å²) in [5.41, 5.74) is 5.62. The Morgan fingerprint density at radius 2 is 2.24 bits per heavy atom. The van der Waals surface area contributed by atoms with E-state index in [1.807, 2.05) is 23.4 Å². The zero-order valence-electron chi connectivity index (χ0n) is 9.71. The quantitative estimate of drug-likeness (QED) is 0.848. The topological polar surface area (TPSA) is 80.0 Å². The summed E-state index contributed by atoms with van der Waals surface area (Å²) in [5.74, 6) is 1.26. The molecule has 7 heteroatoms. The van der Waals surface area contributed by atoms with E-state index in [-0.39, 0.29) is 5.95 Å². The molecule has 0 bridgehead atoms. The summed E-state index contributed by atoms with van der Waals surface area (Å²) in [7, 11) is 3.67. The highest BCUT2D eigenvalue weighted by Crippen LogP contribution is 2.16. The monoisotopic (exact) mass is 250 g/mol. The van der Waals surface area contributed by atoms with E-state index in [1.54, 1.807) is 18.4 Å². The van der Waals surface area contributed by atoms with E-state index in [0.717, 1.165) is 6.54 Å². The highest BCUT2D eigenvalue weighted by atomic mass is 32.1. The molecule has 0 saturated heterocycles. The van der Waals surface area contributed by atoms with Gasteiger partial charge in [0.1, 0.15) is 0 Å². The van der Waals surface area contributed by atoms with Gasteiger partial charge in [0.05, 0.1) is 6.54 Å². The first-order valence-corrected chi connectivity index (χ1v) is 6.00. The molecule has 0 saturated carbocycles. The Morgan fingerprint density at radius 1 is 1.41 bits per heavy atom. The molecule has 2 aromatic heterocycles. The minimum Gasteiger partial charge on any atom is -0.368 e. The molecule has 2 aromatic rings. The molecule has 2 heterocycles. The van der Waals surface area contributed by atoms with E-state index in [1.165, 1.54) is 4.88 Å². The van der Waals surface area contributed by atoms with Crippen LogP contribution in [0.15, 0.2) is 17.5 Å². The van der Waals surface area contributed by atoms with E-state index in [4.69, 9.17) is 5.73 Å². The van der Waals surface area contributed by atoms with Gasteiger partial charge in [0, 0.05) is 19.0 Å². The van der Waals surface area contributed by atoms with Gasteiger partial charge in [0.2, 0.25) is 17.8 Å². The summed E-state index contributed by atoms with van der Waals surface area (Å²) in [4.78, 5) is 15.5. The van der Waals surface area contributed by atoms with Gasteiger partial charge in [-0.05, 0) is 11.4 Å². The molecule has 0 aliphatic heterocycles. The number of nitrogens with one attached hydrogen (secondary N) is 1. The minimum atomic E-state index is 0.220. The molecular formula is C10H14N6S.